The van der Waals surface area contributed by atoms with Crippen molar-refractivity contribution in [2.75, 3.05) is 33.0 Å². The highest BCUT2D eigenvalue weighted by Gasteiger charge is 2.25. The molecule has 9 heteroatoms. The van der Waals surface area contributed by atoms with Gasteiger partial charge in [0.2, 0.25) is 0 Å². The molecule has 2 unspecified atom stereocenters. The Morgan fingerprint density at radius 1 is 0.470 bits per heavy atom. The maximum absolute atomic E-state index is 12.6. The maximum Gasteiger partial charge on any atom is 0.472 e. The van der Waals surface area contributed by atoms with Gasteiger partial charge in [0.25, 0.3) is 0 Å². The Hall–Kier alpha value is -2.58. The number of carbonyl (C=O) groups excluding carboxylic acids is 1. The van der Waals surface area contributed by atoms with Crippen LogP contribution in [0.25, 0.3) is 0 Å². The van der Waals surface area contributed by atoms with Crippen LogP contribution in [0.1, 0.15) is 219 Å². The number of carbonyl (C=O) groups is 1. The number of unbranched alkanes of at least 4 members (excludes halogenated alkanes) is 21. The molecule has 0 saturated carbocycles. The van der Waals surface area contributed by atoms with Crippen molar-refractivity contribution in [2.24, 2.45) is 5.73 Å². The highest BCUT2D eigenvalue weighted by Crippen LogP contribution is 2.43. The van der Waals surface area contributed by atoms with Crippen LogP contribution in [0.4, 0.5) is 0 Å². The second-order valence-electron chi connectivity index (χ2n) is 17.4. The monoisotopic (exact) mass is 942 g/mol. The fraction of sp³-hybridized carbons (Fsp3) is 0.702. The van der Waals surface area contributed by atoms with E-state index in [-0.39, 0.29) is 38.8 Å². The van der Waals surface area contributed by atoms with Gasteiger partial charge in [0.05, 0.1) is 19.8 Å². The van der Waals surface area contributed by atoms with E-state index in [4.69, 9.17) is 24.3 Å². The summed E-state index contributed by atoms with van der Waals surface area (Å²) in [5.41, 5.74) is 5.39. The summed E-state index contributed by atoms with van der Waals surface area (Å²) >= 11 is 0. The predicted molar refractivity (Wildman–Crippen MR) is 284 cm³/mol. The van der Waals surface area contributed by atoms with Crippen LogP contribution in [0, 0.1) is 0 Å². The van der Waals surface area contributed by atoms with Crippen LogP contribution in [0.3, 0.4) is 0 Å². The lowest BCUT2D eigenvalue weighted by atomic mass is 10.0. The maximum atomic E-state index is 12.6. The van der Waals surface area contributed by atoms with Gasteiger partial charge in [0.15, 0.2) is 0 Å². The van der Waals surface area contributed by atoms with Crippen molar-refractivity contribution in [3.05, 3.63) is 97.2 Å². The zero-order valence-electron chi connectivity index (χ0n) is 42.4. The van der Waals surface area contributed by atoms with Gasteiger partial charge in [-0.2, -0.15) is 0 Å². The van der Waals surface area contributed by atoms with E-state index in [9.17, 15) is 14.3 Å². The Kier molecular flexibility index (Phi) is 51.3. The molecule has 0 fully saturated rings. The molecule has 0 aliphatic heterocycles. The molecular weight excluding hydrogens is 842 g/mol. The van der Waals surface area contributed by atoms with Crippen LogP contribution in [-0.2, 0) is 27.9 Å². The first-order valence-corrected chi connectivity index (χ1v) is 28.2. The number of hydrogen-bond acceptors (Lipinski definition) is 7. The van der Waals surface area contributed by atoms with Gasteiger partial charge in [-0.15, -0.1) is 0 Å². The summed E-state index contributed by atoms with van der Waals surface area (Å²) in [5.74, 6) is -0.388. The Morgan fingerprint density at radius 3 is 1.29 bits per heavy atom. The summed E-state index contributed by atoms with van der Waals surface area (Å²) < 4.78 is 33.6. The second-order valence-corrected chi connectivity index (χ2v) is 18.8. The quantitative estimate of drug-likeness (QED) is 0.0268. The number of phosphoric acid groups is 1. The largest absolute Gasteiger partial charge is 0.472 e. The van der Waals surface area contributed by atoms with Crippen molar-refractivity contribution in [3.63, 3.8) is 0 Å². The van der Waals surface area contributed by atoms with Crippen LogP contribution in [0.15, 0.2) is 97.2 Å². The molecule has 0 aromatic heterocycles. The number of esters is 1. The third-order valence-electron chi connectivity index (χ3n) is 11.0. The Labute approximate surface area is 406 Å². The molecule has 0 amide bonds. The first-order valence-electron chi connectivity index (χ1n) is 26.7. The van der Waals surface area contributed by atoms with Crippen LogP contribution in [0.5, 0.6) is 0 Å². The highest BCUT2D eigenvalue weighted by atomic mass is 31.2. The average Bonchev–Trinajstić information content (AvgIpc) is 3.31. The van der Waals surface area contributed by atoms with Crippen LogP contribution in [-0.4, -0.2) is 49.9 Å². The van der Waals surface area contributed by atoms with Gasteiger partial charge in [0, 0.05) is 19.6 Å². The molecule has 8 nitrogen and oxygen atoms in total. The summed E-state index contributed by atoms with van der Waals surface area (Å²) in [5, 5.41) is 0. The average molecular weight is 942 g/mol. The van der Waals surface area contributed by atoms with Gasteiger partial charge in [-0.1, -0.05) is 220 Å². The molecule has 0 spiro atoms. The fourth-order valence-corrected chi connectivity index (χ4v) is 7.86. The lowest BCUT2D eigenvalue weighted by Crippen LogP contribution is -2.28. The molecule has 0 heterocycles. The van der Waals surface area contributed by atoms with Crippen molar-refractivity contribution >= 4 is 13.8 Å². The van der Waals surface area contributed by atoms with Gasteiger partial charge >= 0.3 is 13.8 Å². The molecule has 0 rings (SSSR count). The molecule has 0 aliphatic carbocycles. The van der Waals surface area contributed by atoms with Gasteiger partial charge in [-0.25, -0.2) is 4.57 Å². The first-order chi connectivity index (χ1) is 32.4. The van der Waals surface area contributed by atoms with Gasteiger partial charge in [-0.05, 0) is 89.9 Å². The summed E-state index contributed by atoms with van der Waals surface area (Å²) in [6, 6.07) is 0. The van der Waals surface area contributed by atoms with Crippen molar-refractivity contribution in [1.82, 2.24) is 0 Å². The van der Waals surface area contributed by atoms with E-state index in [1.165, 1.54) is 128 Å². The number of rotatable bonds is 50. The van der Waals surface area contributed by atoms with Crippen molar-refractivity contribution in [1.29, 1.82) is 0 Å². The fourth-order valence-electron chi connectivity index (χ4n) is 7.10. The number of allylic oxidation sites excluding steroid dienone is 16. The predicted octanol–water partition coefficient (Wildman–Crippen LogP) is 17.0. The minimum absolute atomic E-state index is 0.0865. The van der Waals surface area contributed by atoms with E-state index in [0.29, 0.717) is 13.0 Å². The van der Waals surface area contributed by atoms with E-state index in [1.54, 1.807) is 0 Å². The zero-order chi connectivity index (χ0) is 48.0. The van der Waals surface area contributed by atoms with E-state index in [2.05, 4.69) is 111 Å². The number of nitrogens with two attached hydrogens (primary N) is 1. The Morgan fingerprint density at radius 2 is 0.848 bits per heavy atom. The highest BCUT2D eigenvalue weighted by molar-refractivity contribution is 7.47. The molecule has 2 atom stereocenters. The Balaban J connectivity index is 4.04. The summed E-state index contributed by atoms with van der Waals surface area (Å²) in [7, 11) is -4.31. The topological polar surface area (TPSA) is 117 Å². The van der Waals surface area contributed by atoms with E-state index in [1.807, 2.05) is 0 Å². The van der Waals surface area contributed by atoms with Gasteiger partial charge in [0.1, 0.15) is 6.10 Å². The third kappa shape index (κ3) is 52.4. The molecule has 0 aromatic rings. The SMILES string of the molecule is CC/C=C\C/C=C\C/C=C\C/C=C\C/C=C\C/C=C\C/C=C\CCCC(=O)OC(COCCCCCCCCCCCCCC/C=C\CCCCCCCCCC)COP(=O)(O)OCCN. The van der Waals surface area contributed by atoms with Gasteiger partial charge in [-0.3, -0.25) is 13.8 Å². The zero-order valence-corrected chi connectivity index (χ0v) is 43.3. The Bertz CT molecular complexity index is 1330. The summed E-state index contributed by atoms with van der Waals surface area (Å²) in [6.45, 7) is 4.73. The summed E-state index contributed by atoms with van der Waals surface area (Å²) in [6.07, 6.45) is 71.7. The van der Waals surface area contributed by atoms with Crippen LogP contribution < -0.4 is 5.73 Å². The lowest BCUT2D eigenvalue weighted by molar-refractivity contribution is -0.154. The molecule has 0 aliphatic rings. The number of hydrogen-bond donors (Lipinski definition) is 2. The van der Waals surface area contributed by atoms with Crippen molar-refractivity contribution < 1.29 is 32.8 Å². The summed E-state index contributed by atoms with van der Waals surface area (Å²) in [4.78, 5) is 22.6. The van der Waals surface area contributed by atoms with Gasteiger partial charge < -0.3 is 20.1 Å². The third-order valence-corrected chi connectivity index (χ3v) is 12.0. The van der Waals surface area contributed by atoms with E-state index in [0.717, 1.165) is 64.2 Å². The van der Waals surface area contributed by atoms with E-state index < -0.39 is 13.9 Å². The van der Waals surface area contributed by atoms with E-state index >= 15 is 0 Å². The smallest absolute Gasteiger partial charge is 0.457 e. The van der Waals surface area contributed by atoms with Crippen LogP contribution in [0.2, 0.25) is 0 Å². The minimum atomic E-state index is -4.31. The minimum Gasteiger partial charge on any atom is -0.457 e. The molecule has 0 saturated heterocycles. The lowest BCUT2D eigenvalue weighted by Gasteiger charge is -2.20. The van der Waals surface area contributed by atoms with Crippen LogP contribution >= 0.6 is 7.82 Å². The van der Waals surface area contributed by atoms with Crippen molar-refractivity contribution in [3.8, 4) is 0 Å². The molecule has 380 valence electrons. The molecular formula is C57H100NO7P. The van der Waals surface area contributed by atoms with Crippen molar-refractivity contribution in [2.45, 2.75) is 225 Å². The molecule has 3 N–H and O–H groups in total. The second kappa shape index (κ2) is 53.4. The molecule has 0 aromatic carbocycles. The number of phosphoric ester groups is 1. The molecule has 66 heavy (non-hydrogen) atoms. The number of ether oxygens (including phenoxy) is 2. The molecule has 0 radical (unpaired) electrons. The molecule has 0 bridgehead atoms. The standard InChI is InChI=1S/C57H100NO7P/c1-3-5-7-9-11-13-15-17-19-21-23-25-27-29-31-33-35-37-39-41-43-45-47-49-52-62-54-56(55-64-66(60,61)63-53-51-58)65-57(59)50-48-46-44-42-40-38-36-34-32-30-28-26-24-22-20-18-16-14-12-10-8-6-4-2/h6,8,12,14,18,20-21,23-24,26,30,32,36,38,42,44,56H,3-5,7,9-11,13,15-17,19,22,25,27-29,31,33-35,37,39-41,43,45-55,58H2,1-2H3,(H,60,61)/b8-6-,14-12-,20-18-,23-21-,26-24-,32-30-,38-36-,44-42-. The normalized spacial score (nSPS) is 14.1. The first kappa shape index (κ1) is 63.4.